The first-order chi connectivity index (χ1) is 21.0. The van der Waals surface area contributed by atoms with Crippen LogP contribution in [0.4, 0.5) is 24.5 Å². The zero-order chi connectivity index (χ0) is 31.9. The fraction of sp³-hybridized carbons (Fsp3) is 0.219. The molecule has 1 fully saturated rings. The Morgan fingerprint density at radius 2 is 1.70 bits per heavy atom. The van der Waals surface area contributed by atoms with Gasteiger partial charge in [-0.15, -0.1) is 6.58 Å². The fourth-order valence-corrected chi connectivity index (χ4v) is 4.70. The normalized spacial score (nSPS) is 14.2. The number of anilines is 2. The highest BCUT2D eigenvalue weighted by Gasteiger charge is 2.38. The summed E-state index contributed by atoms with van der Waals surface area (Å²) < 4.78 is 55.9. The summed E-state index contributed by atoms with van der Waals surface area (Å²) in [4.78, 5) is 29.0. The number of ether oxygens (including phenoxy) is 3. The van der Waals surface area contributed by atoms with E-state index in [0.29, 0.717) is 40.2 Å². The lowest BCUT2D eigenvalue weighted by Gasteiger charge is -2.20. The number of nitrogens with one attached hydrogen (secondary N) is 1. The number of halogens is 3. The van der Waals surface area contributed by atoms with Gasteiger partial charge in [-0.1, -0.05) is 18.2 Å². The van der Waals surface area contributed by atoms with Crippen molar-refractivity contribution in [1.29, 1.82) is 0 Å². The third-order valence-corrected chi connectivity index (χ3v) is 6.65. The van der Waals surface area contributed by atoms with Gasteiger partial charge in [-0.05, 0) is 92.3 Å². The van der Waals surface area contributed by atoms with Gasteiger partial charge in [0.05, 0.1) is 18.8 Å². The molecular weight excluding hydrogens is 595 g/mol. The average molecular weight is 626 g/mol. The summed E-state index contributed by atoms with van der Waals surface area (Å²) in [6, 6.07) is 16.4. The van der Waals surface area contributed by atoms with Crippen molar-refractivity contribution >= 4 is 46.6 Å². The van der Waals surface area contributed by atoms with Crippen LogP contribution in [0.15, 0.2) is 85.1 Å². The van der Waals surface area contributed by atoms with Gasteiger partial charge >= 0.3 is 6.18 Å². The van der Waals surface area contributed by atoms with Crippen molar-refractivity contribution in [3.05, 3.63) is 96.2 Å². The number of nitrogens with zero attached hydrogens (tertiary/aromatic N) is 2. The Balaban J connectivity index is 1.56. The van der Waals surface area contributed by atoms with Crippen LogP contribution in [-0.2, 0) is 15.8 Å². The van der Waals surface area contributed by atoms with Gasteiger partial charge in [0.1, 0.15) is 11.4 Å². The van der Waals surface area contributed by atoms with Gasteiger partial charge in [0.2, 0.25) is 0 Å². The molecule has 0 aromatic heterocycles. The maximum Gasteiger partial charge on any atom is 0.416 e. The van der Waals surface area contributed by atoms with Crippen LogP contribution in [0.1, 0.15) is 25.0 Å². The van der Waals surface area contributed by atoms with E-state index < -0.39 is 24.3 Å². The maximum absolute atomic E-state index is 13.4. The number of benzene rings is 3. The molecule has 1 heterocycles. The van der Waals surface area contributed by atoms with Crippen molar-refractivity contribution < 1.29 is 37.0 Å². The molecule has 3 aromatic carbocycles. The molecule has 4 rings (SSSR count). The number of hydrogen-bond acceptors (Lipinski definition) is 6. The summed E-state index contributed by atoms with van der Waals surface area (Å²) in [5, 5.41) is 2.69. The SMILES string of the molecule is C=CCN1C(=O)/C(=C/c2ccc(OCC(=O)Nc3cccc(C(F)(F)F)c3)c(OCC)c2)N(c2ccc(OCC)cc2)C1=S. The van der Waals surface area contributed by atoms with Gasteiger partial charge in [-0.25, -0.2) is 0 Å². The smallest absolute Gasteiger partial charge is 0.416 e. The molecular formula is C32H30F3N3O5S. The summed E-state index contributed by atoms with van der Waals surface area (Å²) >= 11 is 5.66. The standard InChI is InChI=1S/C32H30F3N3O5S/c1-4-16-37-30(40)26(38(31(37)44)24-11-13-25(14-12-24)41-5-2)17-21-10-15-27(28(18-21)42-6-3)43-20-29(39)36-23-9-7-8-22(19-23)32(33,34)35/h4,7-15,17-19H,1,5-6,16,20H2,2-3H3,(H,36,39)/b26-17-. The lowest BCUT2D eigenvalue weighted by molar-refractivity contribution is -0.137. The second-order valence-electron chi connectivity index (χ2n) is 9.33. The second-order valence-corrected chi connectivity index (χ2v) is 9.70. The summed E-state index contributed by atoms with van der Waals surface area (Å²) in [7, 11) is 0. The van der Waals surface area contributed by atoms with Crippen molar-refractivity contribution in [2.45, 2.75) is 20.0 Å². The predicted octanol–water partition coefficient (Wildman–Crippen LogP) is 6.68. The molecule has 44 heavy (non-hydrogen) atoms. The summed E-state index contributed by atoms with van der Waals surface area (Å²) in [5.74, 6) is 0.252. The van der Waals surface area contributed by atoms with E-state index in [9.17, 15) is 22.8 Å². The van der Waals surface area contributed by atoms with Gasteiger partial charge in [0.15, 0.2) is 23.2 Å². The van der Waals surface area contributed by atoms with E-state index in [2.05, 4.69) is 11.9 Å². The molecule has 12 heteroatoms. The quantitative estimate of drug-likeness (QED) is 0.137. The van der Waals surface area contributed by atoms with Gasteiger partial charge in [-0.3, -0.25) is 19.4 Å². The Bertz CT molecular complexity index is 1570. The first-order valence-electron chi connectivity index (χ1n) is 13.6. The fourth-order valence-electron chi connectivity index (χ4n) is 4.34. The van der Waals surface area contributed by atoms with E-state index in [-0.39, 0.29) is 30.5 Å². The van der Waals surface area contributed by atoms with Crippen molar-refractivity contribution in [2.24, 2.45) is 0 Å². The van der Waals surface area contributed by atoms with Crippen molar-refractivity contribution in [1.82, 2.24) is 4.90 Å². The zero-order valence-electron chi connectivity index (χ0n) is 24.0. The lowest BCUT2D eigenvalue weighted by Crippen LogP contribution is -2.32. The minimum Gasteiger partial charge on any atom is -0.494 e. The van der Waals surface area contributed by atoms with Crippen molar-refractivity contribution in [3.8, 4) is 17.2 Å². The van der Waals surface area contributed by atoms with E-state index in [0.717, 1.165) is 12.1 Å². The number of rotatable bonds is 12. The summed E-state index contributed by atoms with van der Waals surface area (Å²) in [5.41, 5.74) is 0.674. The number of carbonyl (C=O) groups excluding carboxylic acids is 2. The number of amides is 2. The second kappa shape index (κ2) is 14.1. The molecule has 2 amide bonds. The van der Waals surface area contributed by atoms with Crippen molar-refractivity contribution in [2.75, 3.05) is 36.6 Å². The number of alkyl halides is 3. The molecule has 230 valence electrons. The average Bonchev–Trinajstić information content (AvgIpc) is 3.21. The first kappa shape index (κ1) is 32.1. The van der Waals surface area contributed by atoms with Crippen LogP contribution in [0.5, 0.6) is 17.2 Å². The minimum absolute atomic E-state index is 0.0119. The monoisotopic (exact) mass is 625 g/mol. The van der Waals surface area contributed by atoms with Gasteiger partial charge < -0.3 is 19.5 Å². The van der Waals surface area contributed by atoms with Gasteiger partial charge in [0.25, 0.3) is 11.8 Å². The van der Waals surface area contributed by atoms with E-state index >= 15 is 0 Å². The van der Waals surface area contributed by atoms with E-state index in [4.69, 9.17) is 26.4 Å². The molecule has 0 bridgehead atoms. The molecule has 0 saturated carbocycles. The molecule has 1 aliphatic heterocycles. The van der Waals surface area contributed by atoms with Crippen LogP contribution >= 0.6 is 12.2 Å². The Morgan fingerprint density at radius 3 is 2.36 bits per heavy atom. The molecule has 0 aliphatic carbocycles. The molecule has 3 aromatic rings. The van der Waals surface area contributed by atoms with E-state index in [1.165, 1.54) is 17.0 Å². The highest BCUT2D eigenvalue weighted by molar-refractivity contribution is 7.80. The Labute approximate surface area is 258 Å². The molecule has 0 radical (unpaired) electrons. The Kier molecular flexibility index (Phi) is 10.3. The molecule has 1 N–H and O–H groups in total. The van der Waals surface area contributed by atoms with Crippen LogP contribution in [0, 0.1) is 0 Å². The van der Waals surface area contributed by atoms with Crippen molar-refractivity contribution in [3.63, 3.8) is 0 Å². The number of carbonyl (C=O) groups is 2. The van der Waals surface area contributed by atoms with Gasteiger partial charge in [-0.2, -0.15) is 13.2 Å². The first-order valence-corrected chi connectivity index (χ1v) is 14.0. The number of thiocarbonyl (C=S) groups is 1. The van der Waals surface area contributed by atoms with Crippen LogP contribution in [0.25, 0.3) is 6.08 Å². The van der Waals surface area contributed by atoms with E-state index in [1.54, 1.807) is 54.3 Å². The van der Waals surface area contributed by atoms with Crippen LogP contribution in [0.2, 0.25) is 0 Å². The topological polar surface area (TPSA) is 80.3 Å². The Morgan fingerprint density at radius 1 is 0.977 bits per heavy atom. The predicted molar refractivity (Wildman–Crippen MR) is 166 cm³/mol. The van der Waals surface area contributed by atoms with Crippen LogP contribution in [-0.4, -0.2) is 48.2 Å². The zero-order valence-corrected chi connectivity index (χ0v) is 24.8. The van der Waals surface area contributed by atoms with Crippen LogP contribution in [0.3, 0.4) is 0 Å². The largest absolute Gasteiger partial charge is 0.494 e. The molecule has 1 aliphatic rings. The number of hydrogen-bond donors (Lipinski definition) is 1. The molecule has 0 atom stereocenters. The molecule has 0 spiro atoms. The van der Waals surface area contributed by atoms with Gasteiger partial charge in [0, 0.05) is 17.9 Å². The minimum atomic E-state index is -4.54. The highest BCUT2D eigenvalue weighted by atomic mass is 32.1. The highest BCUT2D eigenvalue weighted by Crippen LogP contribution is 2.34. The molecule has 0 unspecified atom stereocenters. The van der Waals surface area contributed by atoms with Crippen LogP contribution < -0.4 is 24.4 Å². The lowest BCUT2D eigenvalue weighted by atomic mass is 10.1. The summed E-state index contributed by atoms with van der Waals surface area (Å²) in [6.45, 7) is 7.93. The summed E-state index contributed by atoms with van der Waals surface area (Å²) in [6.07, 6.45) is -1.28. The molecule has 8 nitrogen and oxygen atoms in total. The third kappa shape index (κ3) is 7.56. The Hall–Kier alpha value is -4.84. The van der Waals surface area contributed by atoms with E-state index in [1.807, 2.05) is 19.1 Å². The third-order valence-electron chi connectivity index (χ3n) is 6.25. The maximum atomic E-state index is 13.4. The molecule has 1 saturated heterocycles.